The molecule has 0 unspecified atom stereocenters. The first-order valence-electron chi connectivity index (χ1n) is 9.47. The van der Waals surface area contributed by atoms with Gasteiger partial charge in [-0.15, -0.1) is 0 Å². The Bertz CT molecular complexity index is 976. The van der Waals surface area contributed by atoms with Crippen LogP contribution in [0.1, 0.15) is 16.1 Å². The molecule has 0 saturated carbocycles. The summed E-state index contributed by atoms with van der Waals surface area (Å²) in [6.45, 7) is 4.25. The number of fused-ring (bicyclic) bond motifs is 1. The van der Waals surface area contributed by atoms with Crippen LogP contribution in [-0.2, 0) is 6.54 Å². The van der Waals surface area contributed by atoms with Gasteiger partial charge in [0.05, 0.1) is 5.69 Å². The summed E-state index contributed by atoms with van der Waals surface area (Å²) < 4.78 is 20.1. The topological polar surface area (TPSA) is 39.9 Å². The van der Waals surface area contributed by atoms with Crippen molar-refractivity contribution in [2.45, 2.75) is 6.54 Å². The van der Waals surface area contributed by atoms with Crippen molar-refractivity contribution in [1.29, 1.82) is 0 Å². The van der Waals surface area contributed by atoms with Crippen LogP contribution >= 0.6 is 0 Å². The standard InChI is InChI=1S/C22H24FN3O2/c1-24(2)22(27)20-13-17-12-18(23)14-19(21(17)28-20)26-10-8-25(9-11-26)15-16-6-4-3-5-7-16/h3-7,12-14H,8-11,15H2,1-2H3. The summed E-state index contributed by atoms with van der Waals surface area (Å²) in [4.78, 5) is 18.2. The Hall–Kier alpha value is -2.86. The van der Waals surface area contributed by atoms with Crippen LogP contribution in [0.2, 0.25) is 0 Å². The normalized spacial score (nSPS) is 15.2. The van der Waals surface area contributed by atoms with Crippen molar-refractivity contribution in [3.8, 4) is 0 Å². The molecule has 3 aromatic rings. The van der Waals surface area contributed by atoms with E-state index >= 15 is 0 Å². The summed E-state index contributed by atoms with van der Waals surface area (Å²) in [6.07, 6.45) is 0. The van der Waals surface area contributed by atoms with Crippen molar-refractivity contribution in [1.82, 2.24) is 9.80 Å². The van der Waals surface area contributed by atoms with Gasteiger partial charge < -0.3 is 14.2 Å². The molecule has 2 heterocycles. The Morgan fingerprint density at radius 3 is 2.46 bits per heavy atom. The third-order valence-electron chi connectivity index (χ3n) is 5.14. The average molecular weight is 381 g/mol. The summed E-state index contributed by atoms with van der Waals surface area (Å²) in [7, 11) is 3.34. The molecule has 1 aromatic heterocycles. The largest absolute Gasteiger partial charge is 0.449 e. The van der Waals surface area contributed by atoms with Crippen LogP contribution in [0.25, 0.3) is 11.0 Å². The zero-order valence-corrected chi connectivity index (χ0v) is 16.2. The number of anilines is 1. The average Bonchev–Trinajstić information content (AvgIpc) is 3.12. The van der Waals surface area contributed by atoms with E-state index in [0.717, 1.165) is 32.7 Å². The lowest BCUT2D eigenvalue weighted by molar-refractivity contribution is 0.0799. The number of rotatable bonds is 4. The van der Waals surface area contributed by atoms with Gasteiger partial charge in [0.2, 0.25) is 0 Å². The molecule has 6 heteroatoms. The highest BCUT2D eigenvalue weighted by Crippen LogP contribution is 2.32. The lowest BCUT2D eigenvalue weighted by Crippen LogP contribution is -2.46. The van der Waals surface area contributed by atoms with Crippen molar-refractivity contribution in [3.05, 3.63) is 65.7 Å². The van der Waals surface area contributed by atoms with Gasteiger partial charge in [-0.25, -0.2) is 4.39 Å². The van der Waals surface area contributed by atoms with Gasteiger partial charge in [0.25, 0.3) is 5.91 Å². The maximum atomic E-state index is 14.2. The highest BCUT2D eigenvalue weighted by molar-refractivity contribution is 5.99. The first-order valence-corrected chi connectivity index (χ1v) is 9.47. The van der Waals surface area contributed by atoms with E-state index in [2.05, 4.69) is 34.1 Å². The second kappa shape index (κ2) is 7.64. The molecule has 0 aliphatic carbocycles. The fourth-order valence-corrected chi connectivity index (χ4v) is 3.65. The molecule has 2 aromatic carbocycles. The summed E-state index contributed by atoms with van der Waals surface area (Å²) >= 11 is 0. The molecule has 0 bridgehead atoms. The predicted octanol–water partition coefficient (Wildman–Crippen LogP) is 3.60. The molecule has 0 radical (unpaired) electrons. The number of benzene rings is 2. The van der Waals surface area contributed by atoms with Crippen molar-refractivity contribution >= 4 is 22.6 Å². The lowest BCUT2D eigenvalue weighted by atomic mass is 10.1. The van der Waals surface area contributed by atoms with E-state index in [9.17, 15) is 9.18 Å². The van der Waals surface area contributed by atoms with Crippen LogP contribution in [0.15, 0.2) is 52.9 Å². The number of hydrogen-bond donors (Lipinski definition) is 0. The molecule has 0 atom stereocenters. The van der Waals surface area contributed by atoms with Crippen LogP contribution < -0.4 is 4.90 Å². The zero-order valence-electron chi connectivity index (χ0n) is 16.2. The van der Waals surface area contributed by atoms with Gasteiger partial charge in [-0.1, -0.05) is 30.3 Å². The smallest absolute Gasteiger partial charge is 0.289 e. The molecule has 4 rings (SSSR count). The molecule has 0 N–H and O–H groups in total. The Kier molecular flexibility index (Phi) is 5.05. The van der Waals surface area contributed by atoms with E-state index in [0.29, 0.717) is 16.7 Å². The number of hydrogen-bond acceptors (Lipinski definition) is 4. The molecular weight excluding hydrogens is 357 g/mol. The van der Waals surface area contributed by atoms with Gasteiger partial charge in [-0.3, -0.25) is 9.69 Å². The van der Waals surface area contributed by atoms with Gasteiger partial charge in [0.15, 0.2) is 11.3 Å². The molecule has 1 fully saturated rings. The van der Waals surface area contributed by atoms with E-state index in [-0.39, 0.29) is 17.5 Å². The number of carbonyl (C=O) groups excluding carboxylic acids is 1. The zero-order chi connectivity index (χ0) is 19.7. The molecular formula is C22H24FN3O2. The first kappa shape index (κ1) is 18.5. The Morgan fingerprint density at radius 1 is 1.07 bits per heavy atom. The molecule has 1 aliphatic rings. The van der Waals surface area contributed by atoms with Crippen molar-refractivity contribution in [3.63, 3.8) is 0 Å². The highest BCUT2D eigenvalue weighted by Gasteiger charge is 2.23. The van der Waals surface area contributed by atoms with E-state index < -0.39 is 0 Å². The number of carbonyl (C=O) groups is 1. The van der Waals surface area contributed by atoms with E-state index in [1.54, 1.807) is 20.2 Å². The van der Waals surface area contributed by atoms with Gasteiger partial charge in [0.1, 0.15) is 5.82 Å². The van der Waals surface area contributed by atoms with E-state index in [1.165, 1.54) is 22.6 Å². The SMILES string of the molecule is CN(C)C(=O)c1cc2cc(F)cc(N3CCN(Cc4ccccc4)CC3)c2o1. The fourth-order valence-electron chi connectivity index (χ4n) is 3.65. The number of amides is 1. The van der Waals surface area contributed by atoms with Crippen LogP contribution in [0.3, 0.4) is 0 Å². The Morgan fingerprint density at radius 2 is 1.79 bits per heavy atom. The van der Waals surface area contributed by atoms with Crippen LogP contribution in [0.4, 0.5) is 10.1 Å². The summed E-state index contributed by atoms with van der Waals surface area (Å²) in [6, 6.07) is 14.9. The second-order valence-electron chi connectivity index (χ2n) is 7.40. The van der Waals surface area contributed by atoms with Gasteiger partial charge in [0, 0.05) is 58.3 Å². The first-order chi connectivity index (χ1) is 13.5. The van der Waals surface area contributed by atoms with Crippen LogP contribution in [0.5, 0.6) is 0 Å². The molecule has 0 spiro atoms. The minimum atomic E-state index is -0.320. The quantitative estimate of drug-likeness (QED) is 0.692. The molecule has 1 amide bonds. The van der Waals surface area contributed by atoms with E-state index in [4.69, 9.17) is 4.42 Å². The van der Waals surface area contributed by atoms with Gasteiger partial charge in [-0.2, -0.15) is 0 Å². The Labute approximate surface area is 163 Å². The lowest BCUT2D eigenvalue weighted by Gasteiger charge is -2.36. The minimum Gasteiger partial charge on any atom is -0.449 e. The minimum absolute atomic E-state index is 0.227. The predicted molar refractivity (Wildman–Crippen MR) is 108 cm³/mol. The summed E-state index contributed by atoms with van der Waals surface area (Å²) in [5, 5.41) is 0.618. The van der Waals surface area contributed by atoms with Gasteiger partial charge >= 0.3 is 0 Å². The van der Waals surface area contributed by atoms with Crippen LogP contribution in [0, 0.1) is 5.82 Å². The van der Waals surface area contributed by atoms with Crippen molar-refractivity contribution in [2.24, 2.45) is 0 Å². The maximum absolute atomic E-state index is 14.2. The number of halogens is 1. The molecule has 1 saturated heterocycles. The highest BCUT2D eigenvalue weighted by atomic mass is 19.1. The molecule has 5 nitrogen and oxygen atoms in total. The Balaban J connectivity index is 1.53. The van der Waals surface area contributed by atoms with Gasteiger partial charge in [-0.05, 0) is 17.7 Å². The second-order valence-corrected chi connectivity index (χ2v) is 7.40. The fraction of sp³-hybridized carbons (Fsp3) is 0.318. The third kappa shape index (κ3) is 3.73. The third-order valence-corrected chi connectivity index (χ3v) is 5.14. The number of piperazine rings is 1. The van der Waals surface area contributed by atoms with E-state index in [1.807, 2.05) is 6.07 Å². The molecule has 1 aliphatic heterocycles. The summed E-state index contributed by atoms with van der Waals surface area (Å²) in [5.74, 6) is -0.316. The van der Waals surface area contributed by atoms with Crippen LogP contribution in [-0.4, -0.2) is 56.0 Å². The summed E-state index contributed by atoms with van der Waals surface area (Å²) in [5.41, 5.74) is 2.58. The van der Waals surface area contributed by atoms with Crippen molar-refractivity contribution < 1.29 is 13.6 Å². The number of furan rings is 1. The molecule has 146 valence electrons. The monoisotopic (exact) mass is 381 g/mol. The maximum Gasteiger partial charge on any atom is 0.289 e. The van der Waals surface area contributed by atoms with Crippen molar-refractivity contribution in [2.75, 3.05) is 45.2 Å². The molecule has 28 heavy (non-hydrogen) atoms. The number of nitrogens with zero attached hydrogens (tertiary/aromatic N) is 3.